The van der Waals surface area contributed by atoms with E-state index in [0.29, 0.717) is 23.9 Å². The summed E-state index contributed by atoms with van der Waals surface area (Å²) in [5.74, 6) is 2.37. The van der Waals surface area contributed by atoms with E-state index in [1.54, 1.807) is 20.4 Å². The standard InChI is InChI=1S/C16H20N4O2/c1-11-7-8-18-15(9-11)20-16(17)19-10-12-13(21-2)5-4-6-14(12)22-3/h4-9H,10H2,1-3H3,(H3,17,18,19,20). The van der Waals surface area contributed by atoms with Crippen molar-refractivity contribution in [3.05, 3.63) is 47.7 Å². The number of aryl methyl sites for hydroxylation is 1. The maximum absolute atomic E-state index is 5.90. The summed E-state index contributed by atoms with van der Waals surface area (Å²) in [5.41, 5.74) is 7.84. The normalized spacial score (nSPS) is 11.1. The molecular formula is C16H20N4O2. The SMILES string of the molecule is COc1cccc(OC)c1CN=C(N)Nc1cc(C)ccn1. The summed E-state index contributed by atoms with van der Waals surface area (Å²) in [6.07, 6.45) is 1.72. The Hall–Kier alpha value is -2.76. The van der Waals surface area contributed by atoms with Crippen molar-refractivity contribution in [2.24, 2.45) is 10.7 Å². The summed E-state index contributed by atoms with van der Waals surface area (Å²) in [6.45, 7) is 2.33. The van der Waals surface area contributed by atoms with Gasteiger partial charge in [-0.3, -0.25) is 0 Å². The zero-order valence-corrected chi connectivity index (χ0v) is 13.0. The smallest absolute Gasteiger partial charge is 0.194 e. The van der Waals surface area contributed by atoms with Gasteiger partial charge in [0.05, 0.1) is 26.3 Å². The minimum Gasteiger partial charge on any atom is -0.496 e. The van der Waals surface area contributed by atoms with E-state index in [9.17, 15) is 0 Å². The Balaban J connectivity index is 2.14. The van der Waals surface area contributed by atoms with Gasteiger partial charge in [-0.15, -0.1) is 0 Å². The lowest BCUT2D eigenvalue weighted by Gasteiger charge is -2.11. The van der Waals surface area contributed by atoms with Gasteiger partial charge in [-0.2, -0.15) is 0 Å². The van der Waals surface area contributed by atoms with E-state index in [2.05, 4.69) is 15.3 Å². The molecule has 6 heteroatoms. The molecule has 0 amide bonds. The number of nitrogens with one attached hydrogen (secondary N) is 1. The van der Waals surface area contributed by atoms with Gasteiger partial charge in [-0.05, 0) is 36.8 Å². The van der Waals surface area contributed by atoms with Crippen molar-refractivity contribution < 1.29 is 9.47 Å². The number of pyridine rings is 1. The Bertz CT molecular complexity index is 649. The van der Waals surface area contributed by atoms with Crippen LogP contribution in [0.15, 0.2) is 41.5 Å². The molecule has 22 heavy (non-hydrogen) atoms. The maximum Gasteiger partial charge on any atom is 0.194 e. The molecule has 0 atom stereocenters. The van der Waals surface area contributed by atoms with Crippen molar-refractivity contribution in [2.75, 3.05) is 19.5 Å². The number of hydrogen-bond acceptors (Lipinski definition) is 4. The van der Waals surface area contributed by atoms with Crippen LogP contribution in [-0.4, -0.2) is 25.2 Å². The largest absolute Gasteiger partial charge is 0.496 e. The number of methoxy groups -OCH3 is 2. The Morgan fingerprint density at radius 2 is 1.91 bits per heavy atom. The van der Waals surface area contributed by atoms with Gasteiger partial charge in [0.2, 0.25) is 0 Å². The van der Waals surface area contributed by atoms with E-state index >= 15 is 0 Å². The Labute approximate surface area is 130 Å². The van der Waals surface area contributed by atoms with E-state index in [4.69, 9.17) is 15.2 Å². The van der Waals surface area contributed by atoms with Gasteiger partial charge in [0.15, 0.2) is 5.96 Å². The van der Waals surface area contributed by atoms with Crippen LogP contribution in [0.2, 0.25) is 0 Å². The van der Waals surface area contributed by atoms with E-state index in [0.717, 1.165) is 11.1 Å². The lowest BCUT2D eigenvalue weighted by atomic mass is 10.2. The van der Waals surface area contributed by atoms with Crippen LogP contribution in [0.5, 0.6) is 11.5 Å². The van der Waals surface area contributed by atoms with Crippen LogP contribution < -0.4 is 20.5 Å². The Morgan fingerprint density at radius 3 is 2.50 bits per heavy atom. The molecule has 0 saturated heterocycles. The van der Waals surface area contributed by atoms with Gasteiger partial charge in [0, 0.05) is 6.20 Å². The minimum atomic E-state index is 0.283. The number of hydrogen-bond donors (Lipinski definition) is 2. The summed E-state index contributed by atoms with van der Waals surface area (Å²) in [4.78, 5) is 8.50. The molecule has 2 aromatic rings. The van der Waals surface area contributed by atoms with Crippen molar-refractivity contribution >= 4 is 11.8 Å². The first-order valence-corrected chi connectivity index (χ1v) is 6.83. The van der Waals surface area contributed by atoms with Crippen LogP contribution >= 0.6 is 0 Å². The predicted molar refractivity (Wildman–Crippen MR) is 87.5 cm³/mol. The van der Waals surface area contributed by atoms with Crippen LogP contribution in [0.4, 0.5) is 5.82 Å². The molecule has 2 rings (SSSR count). The van der Waals surface area contributed by atoms with Crippen molar-refractivity contribution in [1.29, 1.82) is 0 Å². The second-order valence-corrected chi connectivity index (χ2v) is 4.69. The van der Waals surface area contributed by atoms with Crippen LogP contribution in [0.25, 0.3) is 0 Å². The lowest BCUT2D eigenvalue weighted by molar-refractivity contribution is 0.385. The third-order valence-electron chi connectivity index (χ3n) is 3.11. The number of rotatable bonds is 5. The highest BCUT2D eigenvalue weighted by molar-refractivity contribution is 5.91. The lowest BCUT2D eigenvalue weighted by Crippen LogP contribution is -2.23. The second-order valence-electron chi connectivity index (χ2n) is 4.69. The number of ether oxygens (including phenoxy) is 2. The third-order valence-corrected chi connectivity index (χ3v) is 3.11. The second kappa shape index (κ2) is 7.31. The first kappa shape index (κ1) is 15.6. The molecule has 3 N–H and O–H groups in total. The number of nitrogens with two attached hydrogens (primary N) is 1. The number of guanidine groups is 1. The molecule has 0 saturated carbocycles. The predicted octanol–water partition coefficient (Wildman–Crippen LogP) is 2.33. The number of benzene rings is 1. The van der Waals surface area contributed by atoms with Gasteiger partial charge in [0.1, 0.15) is 17.3 Å². The third kappa shape index (κ3) is 3.88. The minimum absolute atomic E-state index is 0.283. The van der Waals surface area contributed by atoms with Crippen LogP contribution in [0, 0.1) is 6.92 Å². The summed E-state index contributed by atoms with van der Waals surface area (Å²) in [5, 5.41) is 2.96. The van der Waals surface area contributed by atoms with E-state index in [-0.39, 0.29) is 5.96 Å². The molecule has 0 radical (unpaired) electrons. The van der Waals surface area contributed by atoms with Crippen LogP contribution in [0.1, 0.15) is 11.1 Å². The first-order chi connectivity index (χ1) is 10.6. The molecule has 0 aliphatic heterocycles. The topological polar surface area (TPSA) is 81.8 Å². The zero-order valence-electron chi connectivity index (χ0n) is 13.0. The molecule has 116 valence electrons. The van der Waals surface area contributed by atoms with Crippen molar-refractivity contribution in [3.8, 4) is 11.5 Å². The fraction of sp³-hybridized carbons (Fsp3) is 0.250. The van der Waals surface area contributed by atoms with Gasteiger partial charge >= 0.3 is 0 Å². The monoisotopic (exact) mass is 300 g/mol. The first-order valence-electron chi connectivity index (χ1n) is 6.83. The van der Waals surface area contributed by atoms with E-state index in [1.165, 1.54) is 0 Å². The van der Waals surface area contributed by atoms with Crippen molar-refractivity contribution in [2.45, 2.75) is 13.5 Å². The van der Waals surface area contributed by atoms with Crippen LogP contribution in [-0.2, 0) is 6.54 Å². The number of nitrogens with zero attached hydrogens (tertiary/aromatic N) is 2. The Morgan fingerprint density at radius 1 is 1.23 bits per heavy atom. The van der Waals surface area contributed by atoms with Gasteiger partial charge in [-0.1, -0.05) is 6.07 Å². The fourth-order valence-electron chi connectivity index (χ4n) is 2.02. The van der Waals surface area contributed by atoms with Crippen LogP contribution in [0.3, 0.4) is 0 Å². The summed E-state index contributed by atoms with van der Waals surface area (Å²) in [6, 6.07) is 9.39. The summed E-state index contributed by atoms with van der Waals surface area (Å²) >= 11 is 0. The molecule has 0 unspecified atom stereocenters. The molecule has 1 heterocycles. The fourth-order valence-corrected chi connectivity index (χ4v) is 2.02. The van der Waals surface area contributed by atoms with E-state index in [1.807, 2.05) is 37.3 Å². The van der Waals surface area contributed by atoms with Crippen molar-refractivity contribution in [1.82, 2.24) is 4.98 Å². The summed E-state index contributed by atoms with van der Waals surface area (Å²) < 4.78 is 10.7. The molecule has 1 aromatic heterocycles. The van der Waals surface area contributed by atoms with Gasteiger partial charge < -0.3 is 20.5 Å². The number of aliphatic imine (C=N–C) groups is 1. The Kier molecular flexibility index (Phi) is 5.19. The summed E-state index contributed by atoms with van der Waals surface area (Å²) in [7, 11) is 3.22. The average Bonchev–Trinajstić information content (AvgIpc) is 2.52. The van der Waals surface area contributed by atoms with Crippen molar-refractivity contribution in [3.63, 3.8) is 0 Å². The van der Waals surface area contributed by atoms with E-state index < -0.39 is 0 Å². The quantitative estimate of drug-likeness (QED) is 0.654. The zero-order chi connectivity index (χ0) is 15.9. The number of anilines is 1. The highest BCUT2D eigenvalue weighted by Gasteiger charge is 2.09. The van der Waals surface area contributed by atoms with Gasteiger partial charge in [0.25, 0.3) is 0 Å². The maximum atomic E-state index is 5.90. The average molecular weight is 300 g/mol. The number of aromatic nitrogens is 1. The van der Waals surface area contributed by atoms with Gasteiger partial charge in [-0.25, -0.2) is 9.98 Å². The highest BCUT2D eigenvalue weighted by atomic mass is 16.5. The molecule has 0 aliphatic carbocycles. The molecule has 6 nitrogen and oxygen atoms in total. The molecule has 0 bridgehead atoms. The molecule has 0 aliphatic rings. The molecular weight excluding hydrogens is 280 g/mol. The molecule has 1 aromatic carbocycles. The molecule has 0 fully saturated rings. The molecule has 0 spiro atoms. The highest BCUT2D eigenvalue weighted by Crippen LogP contribution is 2.28.